The number of hydrogen-bond acceptors (Lipinski definition) is 6. The molecule has 1 amide bonds. The lowest BCUT2D eigenvalue weighted by Crippen LogP contribution is -2.33. The fourth-order valence-electron chi connectivity index (χ4n) is 3.24. The Kier molecular flexibility index (Phi) is 5.16. The highest BCUT2D eigenvalue weighted by Gasteiger charge is 2.30. The summed E-state index contributed by atoms with van der Waals surface area (Å²) in [6.07, 6.45) is 4.11. The summed E-state index contributed by atoms with van der Waals surface area (Å²) in [6, 6.07) is 9.78. The van der Waals surface area contributed by atoms with E-state index >= 15 is 0 Å². The van der Waals surface area contributed by atoms with Crippen molar-refractivity contribution in [2.45, 2.75) is 38.1 Å². The summed E-state index contributed by atoms with van der Waals surface area (Å²) in [5.74, 6) is 1.39. The molecule has 1 N–H and O–H groups in total. The maximum Gasteiger partial charge on any atom is 0.264 e. The third-order valence-electron chi connectivity index (χ3n) is 4.98. The van der Waals surface area contributed by atoms with Gasteiger partial charge in [-0.15, -0.1) is 0 Å². The summed E-state index contributed by atoms with van der Waals surface area (Å²) in [5.41, 5.74) is 0.490. The van der Waals surface area contributed by atoms with Gasteiger partial charge in [0.25, 0.3) is 11.4 Å². The van der Waals surface area contributed by atoms with Crippen molar-refractivity contribution in [1.82, 2.24) is 14.7 Å². The topological polar surface area (TPSA) is 99.2 Å². The first kappa shape index (κ1) is 18.9. The van der Waals surface area contributed by atoms with Gasteiger partial charge in [0, 0.05) is 12.1 Å². The molecule has 2 aromatic heterocycles. The van der Waals surface area contributed by atoms with Crippen LogP contribution in [-0.4, -0.2) is 27.7 Å². The molecule has 0 unspecified atom stereocenters. The van der Waals surface area contributed by atoms with Crippen molar-refractivity contribution in [2.24, 2.45) is 0 Å². The highest BCUT2D eigenvalue weighted by molar-refractivity contribution is 5.95. The first-order valence-corrected chi connectivity index (χ1v) is 9.61. The average Bonchev–Trinajstić information content (AvgIpc) is 3.47. The molecule has 0 bridgehead atoms. The molecule has 29 heavy (non-hydrogen) atoms. The third kappa shape index (κ3) is 3.78. The standard InChI is InChI=1S/C21H22N4O4/c1-3-16(19(26)22-15-8-4-5-9-17(15)28-2)25-12-6-7-14(21(25)27)20-23-18(24-29-20)13-10-11-13/h4-9,12-13,16H,3,10-11H2,1-2H3,(H,22,26)/t16-/m1/s1. The van der Waals surface area contributed by atoms with Crippen molar-refractivity contribution in [3.05, 3.63) is 58.8 Å². The minimum atomic E-state index is -0.696. The molecular weight excluding hydrogens is 372 g/mol. The van der Waals surface area contributed by atoms with Crippen LogP contribution in [0.3, 0.4) is 0 Å². The molecule has 8 heteroatoms. The number of amides is 1. The van der Waals surface area contributed by atoms with Gasteiger partial charge in [0.15, 0.2) is 5.82 Å². The number of hydrogen-bond donors (Lipinski definition) is 1. The summed E-state index contributed by atoms with van der Waals surface area (Å²) in [5, 5.41) is 6.82. The predicted molar refractivity (Wildman–Crippen MR) is 107 cm³/mol. The molecule has 8 nitrogen and oxygen atoms in total. The molecule has 1 aliphatic carbocycles. The van der Waals surface area contributed by atoms with Gasteiger partial charge in [0.1, 0.15) is 17.4 Å². The molecular formula is C21H22N4O4. The van der Waals surface area contributed by atoms with E-state index in [1.54, 1.807) is 36.5 Å². The Bertz CT molecular complexity index is 1080. The van der Waals surface area contributed by atoms with Gasteiger partial charge in [-0.2, -0.15) is 4.98 Å². The quantitative estimate of drug-likeness (QED) is 0.660. The van der Waals surface area contributed by atoms with Crippen LogP contribution in [0.5, 0.6) is 5.75 Å². The Morgan fingerprint density at radius 2 is 2.10 bits per heavy atom. The molecule has 1 atom stereocenters. The second-order valence-corrected chi connectivity index (χ2v) is 6.98. The SMILES string of the molecule is CC[C@H](C(=O)Nc1ccccc1OC)n1cccc(-c2nc(C3CC3)no2)c1=O. The lowest BCUT2D eigenvalue weighted by molar-refractivity contribution is -0.119. The van der Waals surface area contributed by atoms with Gasteiger partial charge in [0.05, 0.1) is 12.8 Å². The minimum Gasteiger partial charge on any atom is -0.495 e. The smallest absolute Gasteiger partial charge is 0.264 e. The Labute approximate surface area is 167 Å². The van der Waals surface area contributed by atoms with E-state index in [-0.39, 0.29) is 22.9 Å². The normalized spacial score (nSPS) is 14.4. The van der Waals surface area contributed by atoms with Crippen LogP contribution in [-0.2, 0) is 4.79 Å². The Balaban J connectivity index is 1.63. The molecule has 0 saturated heterocycles. The Hall–Kier alpha value is -3.42. The van der Waals surface area contributed by atoms with Crippen molar-refractivity contribution in [3.8, 4) is 17.2 Å². The van der Waals surface area contributed by atoms with E-state index in [0.29, 0.717) is 29.6 Å². The predicted octanol–water partition coefficient (Wildman–Crippen LogP) is 3.37. The van der Waals surface area contributed by atoms with Crippen molar-refractivity contribution in [3.63, 3.8) is 0 Å². The molecule has 3 aromatic rings. The zero-order valence-corrected chi connectivity index (χ0v) is 16.3. The van der Waals surface area contributed by atoms with E-state index in [4.69, 9.17) is 9.26 Å². The number of carbonyl (C=O) groups excluding carboxylic acids is 1. The van der Waals surface area contributed by atoms with E-state index in [1.807, 2.05) is 13.0 Å². The fraction of sp³-hybridized carbons (Fsp3) is 0.333. The van der Waals surface area contributed by atoms with Gasteiger partial charge in [-0.25, -0.2) is 0 Å². The molecule has 4 rings (SSSR count). The van der Waals surface area contributed by atoms with Gasteiger partial charge in [-0.1, -0.05) is 24.2 Å². The van der Waals surface area contributed by atoms with Crippen LogP contribution in [0.1, 0.15) is 44.0 Å². The lowest BCUT2D eigenvalue weighted by atomic mass is 10.1. The second-order valence-electron chi connectivity index (χ2n) is 6.98. The Morgan fingerprint density at radius 1 is 1.31 bits per heavy atom. The van der Waals surface area contributed by atoms with Crippen LogP contribution in [0.25, 0.3) is 11.5 Å². The van der Waals surface area contributed by atoms with Gasteiger partial charge in [-0.05, 0) is 43.5 Å². The van der Waals surface area contributed by atoms with Gasteiger partial charge in [0.2, 0.25) is 5.91 Å². The number of ether oxygens (including phenoxy) is 1. The van der Waals surface area contributed by atoms with Crippen LogP contribution in [0.4, 0.5) is 5.69 Å². The lowest BCUT2D eigenvalue weighted by Gasteiger charge is -2.19. The number of nitrogens with zero attached hydrogens (tertiary/aromatic N) is 3. The maximum absolute atomic E-state index is 13.1. The first-order valence-electron chi connectivity index (χ1n) is 9.61. The van der Waals surface area contributed by atoms with Gasteiger partial charge in [-0.3, -0.25) is 9.59 Å². The van der Waals surface area contributed by atoms with Crippen LogP contribution in [0.2, 0.25) is 0 Å². The molecule has 0 spiro atoms. The minimum absolute atomic E-state index is 0.186. The molecule has 1 aromatic carbocycles. The van der Waals surface area contributed by atoms with Crippen LogP contribution in [0.15, 0.2) is 51.9 Å². The molecule has 0 radical (unpaired) electrons. The average molecular weight is 394 g/mol. The van der Waals surface area contributed by atoms with Crippen LogP contribution in [0, 0.1) is 0 Å². The number of methoxy groups -OCH3 is 1. The number of nitrogens with one attached hydrogen (secondary N) is 1. The summed E-state index contributed by atoms with van der Waals surface area (Å²) in [4.78, 5) is 30.4. The van der Waals surface area contributed by atoms with E-state index in [9.17, 15) is 9.59 Å². The van der Waals surface area contributed by atoms with E-state index in [1.165, 1.54) is 11.7 Å². The maximum atomic E-state index is 13.1. The zero-order valence-electron chi connectivity index (χ0n) is 16.3. The number of benzene rings is 1. The van der Waals surface area contributed by atoms with Crippen LogP contribution >= 0.6 is 0 Å². The number of pyridine rings is 1. The zero-order chi connectivity index (χ0) is 20.4. The van der Waals surface area contributed by atoms with Gasteiger partial charge >= 0.3 is 0 Å². The molecule has 0 aliphatic heterocycles. The van der Waals surface area contributed by atoms with Crippen molar-refractivity contribution in [1.29, 1.82) is 0 Å². The summed E-state index contributed by atoms with van der Waals surface area (Å²) in [7, 11) is 1.54. The number of aromatic nitrogens is 3. The highest BCUT2D eigenvalue weighted by Crippen LogP contribution is 2.38. The number of anilines is 1. The number of para-hydroxylation sites is 2. The summed E-state index contributed by atoms with van der Waals surface area (Å²) < 4.78 is 12.0. The third-order valence-corrected chi connectivity index (χ3v) is 4.98. The van der Waals surface area contributed by atoms with E-state index in [0.717, 1.165) is 12.8 Å². The summed E-state index contributed by atoms with van der Waals surface area (Å²) in [6.45, 7) is 1.85. The Morgan fingerprint density at radius 3 is 2.83 bits per heavy atom. The van der Waals surface area contributed by atoms with Crippen molar-refractivity contribution >= 4 is 11.6 Å². The molecule has 1 aliphatic rings. The fourth-order valence-corrected chi connectivity index (χ4v) is 3.24. The van der Waals surface area contributed by atoms with Crippen LogP contribution < -0.4 is 15.6 Å². The van der Waals surface area contributed by atoms with Crippen molar-refractivity contribution in [2.75, 3.05) is 12.4 Å². The summed E-state index contributed by atoms with van der Waals surface area (Å²) >= 11 is 0. The molecule has 1 fully saturated rings. The van der Waals surface area contributed by atoms with Gasteiger partial charge < -0.3 is 19.1 Å². The number of carbonyl (C=O) groups is 1. The highest BCUT2D eigenvalue weighted by atomic mass is 16.5. The largest absolute Gasteiger partial charge is 0.495 e. The monoisotopic (exact) mass is 394 g/mol. The second kappa shape index (κ2) is 7.90. The molecule has 1 saturated carbocycles. The number of rotatable bonds is 7. The molecule has 2 heterocycles. The van der Waals surface area contributed by atoms with E-state index in [2.05, 4.69) is 15.5 Å². The van der Waals surface area contributed by atoms with Crippen molar-refractivity contribution < 1.29 is 14.1 Å². The first-order chi connectivity index (χ1) is 14.1. The van der Waals surface area contributed by atoms with E-state index < -0.39 is 6.04 Å². The molecule has 150 valence electrons.